The number of ether oxygens (including phenoxy) is 3. The smallest absolute Gasteiger partial charge is 0.330 e. The molecule has 31 heavy (non-hydrogen) atoms. The van der Waals surface area contributed by atoms with Gasteiger partial charge in [-0.25, -0.2) is 4.79 Å². The molecule has 6 nitrogen and oxygen atoms in total. The van der Waals surface area contributed by atoms with Gasteiger partial charge in [0.25, 0.3) is 0 Å². The van der Waals surface area contributed by atoms with Crippen LogP contribution >= 0.6 is 0 Å². The summed E-state index contributed by atoms with van der Waals surface area (Å²) in [6.07, 6.45) is 1.97. The Bertz CT molecular complexity index is 1010. The zero-order chi connectivity index (χ0) is 22.4. The van der Waals surface area contributed by atoms with Gasteiger partial charge in [0, 0.05) is 11.6 Å². The Morgan fingerprint density at radius 2 is 1.84 bits per heavy atom. The van der Waals surface area contributed by atoms with Gasteiger partial charge in [0.05, 0.1) is 12.5 Å². The highest BCUT2D eigenvalue weighted by atomic mass is 16.5. The molecule has 3 atom stereocenters. The minimum atomic E-state index is -1.06. The fourth-order valence-corrected chi connectivity index (χ4v) is 3.58. The summed E-state index contributed by atoms with van der Waals surface area (Å²) < 4.78 is 16.2. The van der Waals surface area contributed by atoms with Gasteiger partial charge < -0.3 is 14.2 Å². The maximum atomic E-state index is 12.8. The Kier molecular flexibility index (Phi) is 6.76. The van der Waals surface area contributed by atoms with Crippen molar-refractivity contribution in [2.75, 3.05) is 6.61 Å². The lowest BCUT2D eigenvalue weighted by molar-refractivity contribution is -0.149. The van der Waals surface area contributed by atoms with Crippen LogP contribution in [0.2, 0.25) is 0 Å². The summed E-state index contributed by atoms with van der Waals surface area (Å²) in [6, 6.07) is 18.2. The van der Waals surface area contributed by atoms with E-state index in [2.05, 4.69) is 0 Å². The van der Waals surface area contributed by atoms with Gasteiger partial charge >= 0.3 is 11.9 Å². The molecule has 2 aromatic rings. The predicted octanol–water partition coefficient (Wildman–Crippen LogP) is 4.98. The zero-order valence-electron chi connectivity index (χ0n) is 17.8. The third-order valence-corrected chi connectivity index (χ3v) is 5.38. The number of carbonyl (C=O) groups is 2. The Balaban J connectivity index is 1.67. The van der Waals surface area contributed by atoms with Gasteiger partial charge in [-0.05, 0) is 42.5 Å². The first-order valence-corrected chi connectivity index (χ1v) is 10.1. The second-order valence-corrected chi connectivity index (χ2v) is 7.87. The van der Waals surface area contributed by atoms with Crippen molar-refractivity contribution in [2.45, 2.75) is 26.9 Å². The first kappa shape index (κ1) is 22.1. The van der Waals surface area contributed by atoms with Gasteiger partial charge in [0.2, 0.25) is 6.10 Å². The SMILES string of the molecule is CCOC(=O)C=CC1C(C(=O)O[C@H](C#N)c2cccc(Oc3ccccc3)c2)C1(C)C. The summed E-state index contributed by atoms with van der Waals surface area (Å²) >= 11 is 0. The van der Waals surface area contributed by atoms with Crippen LogP contribution in [0.4, 0.5) is 0 Å². The molecule has 1 aliphatic carbocycles. The predicted molar refractivity (Wildman–Crippen MR) is 114 cm³/mol. The van der Waals surface area contributed by atoms with Gasteiger partial charge in [0.15, 0.2) is 0 Å². The molecule has 1 fully saturated rings. The first-order chi connectivity index (χ1) is 14.9. The lowest BCUT2D eigenvalue weighted by atomic mass is 10.1. The fourth-order valence-electron chi connectivity index (χ4n) is 3.58. The van der Waals surface area contributed by atoms with Gasteiger partial charge in [-0.1, -0.05) is 50.3 Å². The largest absolute Gasteiger partial charge is 0.463 e. The van der Waals surface area contributed by atoms with Crippen molar-refractivity contribution in [3.63, 3.8) is 0 Å². The maximum absolute atomic E-state index is 12.8. The molecule has 0 heterocycles. The minimum absolute atomic E-state index is 0.156. The quantitative estimate of drug-likeness (QED) is 0.443. The van der Waals surface area contributed by atoms with Crippen LogP contribution in [0, 0.1) is 28.6 Å². The molecule has 0 saturated heterocycles. The molecule has 0 aromatic heterocycles. The molecule has 1 saturated carbocycles. The average molecular weight is 419 g/mol. The highest BCUT2D eigenvalue weighted by Crippen LogP contribution is 2.59. The fraction of sp³-hybridized carbons (Fsp3) is 0.320. The van der Waals surface area contributed by atoms with E-state index in [0.29, 0.717) is 23.7 Å². The number of benzene rings is 2. The molecule has 2 aromatic carbocycles. The third kappa shape index (κ3) is 5.32. The normalized spacial score (nSPS) is 19.8. The summed E-state index contributed by atoms with van der Waals surface area (Å²) in [5.41, 5.74) is 0.166. The number of rotatable bonds is 8. The van der Waals surface area contributed by atoms with Crippen molar-refractivity contribution in [3.05, 3.63) is 72.3 Å². The molecular weight excluding hydrogens is 394 g/mol. The summed E-state index contributed by atoms with van der Waals surface area (Å²) in [5.74, 6) is -0.288. The van der Waals surface area contributed by atoms with Gasteiger partial charge in [-0.15, -0.1) is 0 Å². The van der Waals surface area contributed by atoms with E-state index in [1.165, 1.54) is 6.08 Å². The Morgan fingerprint density at radius 3 is 2.52 bits per heavy atom. The van der Waals surface area contributed by atoms with Crippen LogP contribution in [-0.4, -0.2) is 18.5 Å². The van der Waals surface area contributed by atoms with E-state index in [0.717, 1.165) is 0 Å². The lowest BCUT2D eigenvalue weighted by Gasteiger charge is -2.13. The number of para-hydroxylation sites is 1. The molecule has 1 aliphatic rings. The summed E-state index contributed by atoms with van der Waals surface area (Å²) in [4.78, 5) is 24.3. The molecule has 160 valence electrons. The standard InChI is InChI=1S/C25H25NO5/c1-4-29-22(27)14-13-20-23(25(20,2)3)24(28)31-21(16-26)17-9-8-12-19(15-17)30-18-10-6-5-7-11-18/h5-15,20-21,23H,4H2,1-3H3/t20?,21-,23?/m1/s1. The monoisotopic (exact) mass is 419 g/mol. The maximum Gasteiger partial charge on any atom is 0.330 e. The molecule has 0 N–H and O–H groups in total. The van der Waals surface area contributed by atoms with Crippen LogP contribution in [0.1, 0.15) is 32.4 Å². The van der Waals surface area contributed by atoms with Crippen LogP contribution in [0.3, 0.4) is 0 Å². The van der Waals surface area contributed by atoms with E-state index in [1.807, 2.05) is 50.2 Å². The molecule has 3 rings (SSSR count). The van der Waals surface area contributed by atoms with Gasteiger partial charge in [-0.2, -0.15) is 5.26 Å². The van der Waals surface area contributed by atoms with Crippen molar-refractivity contribution < 1.29 is 23.8 Å². The Hall–Kier alpha value is -3.59. The van der Waals surface area contributed by atoms with Gasteiger partial charge in [-0.3, -0.25) is 4.79 Å². The summed E-state index contributed by atoms with van der Waals surface area (Å²) in [5, 5.41) is 9.60. The molecule has 0 amide bonds. The first-order valence-electron chi connectivity index (χ1n) is 10.1. The molecule has 6 heteroatoms. The third-order valence-electron chi connectivity index (χ3n) is 5.38. The Labute approximate surface area is 182 Å². The van der Waals surface area contributed by atoms with Crippen LogP contribution in [-0.2, 0) is 19.1 Å². The highest BCUT2D eigenvalue weighted by molar-refractivity contribution is 5.83. The lowest BCUT2D eigenvalue weighted by Crippen LogP contribution is -2.14. The molecular formula is C25H25NO5. The Morgan fingerprint density at radius 1 is 1.13 bits per heavy atom. The number of nitrogens with zero attached hydrogens (tertiary/aromatic N) is 1. The topological polar surface area (TPSA) is 85.6 Å². The molecule has 0 radical (unpaired) electrons. The van der Waals surface area contributed by atoms with E-state index in [4.69, 9.17) is 14.2 Å². The van der Waals surface area contributed by atoms with Crippen molar-refractivity contribution in [1.82, 2.24) is 0 Å². The zero-order valence-corrected chi connectivity index (χ0v) is 17.8. The van der Waals surface area contributed by atoms with Crippen molar-refractivity contribution in [1.29, 1.82) is 5.26 Å². The van der Waals surface area contributed by atoms with E-state index in [9.17, 15) is 14.9 Å². The van der Waals surface area contributed by atoms with E-state index >= 15 is 0 Å². The van der Waals surface area contributed by atoms with E-state index < -0.39 is 24.0 Å². The minimum Gasteiger partial charge on any atom is -0.463 e. The average Bonchev–Trinajstić information content (AvgIpc) is 3.32. The molecule has 0 bridgehead atoms. The van der Waals surface area contributed by atoms with Crippen molar-refractivity contribution >= 4 is 11.9 Å². The second-order valence-electron chi connectivity index (χ2n) is 7.87. The van der Waals surface area contributed by atoms with Crippen LogP contribution < -0.4 is 4.74 Å². The second kappa shape index (κ2) is 9.48. The number of allylic oxidation sites excluding steroid dienone is 1. The molecule has 0 spiro atoms. The van der Waals surface area contributed by atoms with Crippen molar-refractivity contribution in [2.24, 2.45) is 17.3 Å². The van der Waals surface area contributed by atoms with E-state index in [-0.39, 0.29) is 11.3 Å². The number of carbonyl (C=O) groups excluding carboxylic acids is 2. The summed E-state index contributed by atoms with van der Waals surface area (Å²) in [6.45, 7) is 5.87. The molecule has 0 aliphatic heterocycles. The highest BCUT2D eigenvalue weighted by Gasteiger charge is 2.61. The summed E-state index contributed by atoms with van der Waals surface area (Å²) in [7, 11) is 0. The number of hydrogen-bond acceptors (Lipinski definition) is 6. The molecule has 2 unspecified atom stereocenters. The van der Waals surface area contributed by atoms with Crippen LogP contribution in [0.25, 0.3) is 0 Å². The van der Waals surface area contributed by atoms with Crippen LogP contribution in [0.15, 0.2) is 66.7 Å². The number of nitriles is 1. The van der Waals surface area contributed by atoms with E-state index in [1.54, 1.807) is 37.3 Å². The van der Waals surface area contributed by atoms with Crippen LogP contribution in [0.5, 0.6) is 11.5 Å². The number of esters is 2. The number of hydrogen-bond donors (Lipinski definition) is 0. The van der Waals surface area contributed by atoms with Crippen molar-refractivity contribution in [3.8, 4) is 17.6 Å². The van der Waals surface area contributed by atoms with Gasteiger partial charge in [0.1, 0.15) is 17.6 Å².